The molecule has 1 atom stereocenters. The van der Waals surface area contributed by atoms with Crippen molar-refractivity contribution in [2.75, 3.05) is 0 Å². The number of rotatable bonds is 5. The van der Waals surface area contributed by atoms with Crippen LogP contribution < -0.4 is 5.43 Å². The van der Waals surface area contributed by atoms with Crippen molar-refractivity contribution in [1.29, 1.82) is 0 Å². The van der Waals surface area contributed by atoms with Crippen molar-refractivity contribution in [3.8, 4) is 0 Å². The Hall–Kier alpha value is -1.99. The van der Waals surface area contributed by atoms with E-state index < -0.39 is 41.1 Å². The van der Waals surface area contributed by atoms with Gasteiger partial charge >= 0.3 is 5.97 Å². The maximum absolute atomic E-state index is 14.0. The lowest BCUT2D eigenvalue weighted by atomic mass is 10.1. The second kappa shape index (κ2) is 7.72. The third-order valence-corrected chi connectivity index (χ3v) is 4.31. The molecule has 0 heterocycles. The highest BCUT2D eigenvalue weighted by Gasteiger charge is 2.35. The number of hydrogen-bond donors (Lipinski definition) is 2. The monoisotopic (exact) mass is 356 g/mol. The zero-order chi connectivity index (χ0) is 17.9. The number of carboxylic acid groups (broad SMARTS) is 1. The van der Waals surface area contributed by atoms with Crippen molar-refractivity contribution in [3.63, 3.8) is 0 Å². The van der Waals surface area contributed by atoms with E-state index in [4.69, 9.17) is 16.7 Å². The molecule has 8 heteroatoms. The van der Waals surface area contributed by atoms with E-state index in [9.17, 15) is 18.8 Å². The zero-order valence-electron chi connectivity index (χ0n) is 13.1. The smallest absolute Gasteiger partial charge is 0.322 e. The van der Waals surface area contributed by atoms with E-state index in [1.807, 2.05) is 0 Å². The Kier molecular flexibility index (Phi) is 5.90. The van der Waals surface area contributed by atoms with E-state index in [2.05, 4.69) is 5.43 Å². The molecule has 2 amide bonds. The number of imide groups is 1. The van der Waals surface area contributed by atoms with Crippen LogP contribution in [0.15, 0.2) is 18.2 Å². The van der Waals surface area contributed by atoms with Crippen molar-refractivity contribution in [2.45, 2.75) is 38.6 Å². The molecule has 6 nitrogen and oxygen atoms in total. The Labute approximate surface area is 143 Å². The van der Waals surface area contributed by atoms with Crippen LogP contribution in [0.5, 0.6) is 0 Å². The fourth-order valence-electron chi connectivity index (χ4n) is 2.64. The van der Waals surface area contributed by atoms with Gasteiger partial charge in [-0.1, -0.05) is 30.5 Å². The third-order valence-electron chi connectivity index (χ3n) is 4.00. The summed E-state index contributed by atoms with van der Waals surface area (Å²) in [7, 11) is 0. The van der Waals surface area contributed by atoms with Crippen molar-refractivity contribution < 1.29 is 23.9 Å². The molecular formula is C16H18ClFN2O4. The predicted octanol–water partition coefficient (Wildman–Crippen LogP) is 2.62. The van der Waals surface area contributed by atoms with Crippen LogP contribution in [-0.2, 0) is 9.59 Å². The maximum Gasteiger partial charge on any atom is 0.322 e. The van der Waals surface area contributed by atoms with E-state index >= 15 is 0 Å². The van der Waals surface area contributed by atoms with E-state index in [1.165, 1.54) is 19.1 Å². The van der Waals surface area contributed by atoms with Gasteiger partial charge < -0.3 is 5.11 Å². The van der Waals surface area contributed by atoms with Crippen molar-refractivity contribution >= 4 is 29.4 Å². The van der Waals surface area contributed by atoms with Crippen molar-refractivity contribution in [1.82, 2.24) is 10.4 Å². The Morgan fingerprint density at radius 2 is 1.96 bits per heavy atom. The number of hydrogen-bond acceptors (Lipinski definition) is 4. The van der Waals surface area contributed by atoms with Gasteiger partial charge in [0.15, 0.2) is 0 Å². The van der Waals surface area contributed by atoms with Crippen LogP contribution in [0.1, 0.15) is 43.0 Å². The van der Waals surface area contributed by atoms with Crippen LogP contribution in [-0.4, -0.2) is 33.9 Å². The average molecular weight is 357 g/mol. The SMILES string of the molecule is C[C@H](NN(C(=O)c1c(F)cccc1Cl)C(=O)C1CCCC1)C(=O)O. The lowest BCUT2D eigenvalue weighted by Crippen LogP contribution is -2.54. The molecule has 1 aliphatic rings. The number of hydrazine groups is 1. The first kappa shape index (κ1) is 18.4. The van der Waals surface area contributed by atoms with Gasteiger partial charge in [0.25, 0.3) is 5.91 Å². The zero-order valence-corrected chi connectivity index (χ0v) is 13.8. The minimum atomic E-state index is -1.24. The highest BCUT2D eigenvalue weighted by Crippen LogP contribution is 2.28. The molecule has 1 aliphatic carbocycles. The van der Waals surface area contributed by atoms with E-state index in [0.717, 1.165) is 18.9 Å². The maximum atomic E-state index is 14.0. The molecule has 0 saturated heterocycles. The molecule has 1 fully saturated rings. The molecule has 2 rings (SSSR count). The fraction of sp³-hybridized carbons (Fsp3) is 0.438. The van der Waals surface area contributed by atoms with Crippen LogP contribution in [0.25, 0.3) is 0 Å². The molecule has 2 N–H and O–H groups in total. The molecule has 1 aromatic rings. The summed E-state index contributed by atoms with van der Waals surface area (Å²) in [5, 5.41) is 9.48. The predicted molar refractivity (Wildman–Crippen MR) is 84.8 cm³/mol. The first-order valence-corrected chi connectivity index (χ1v) is 8.02. The highest BCUT2D eigenvalue weighted by atomic mass is 35.5. The number of benzene rings is 1. The summed E-state index contributed by atoms with van der Waals surface area (Å²) in [4.78, 5) is 36.4. The molecule has 130 valence electrons. The van der Waals surface area contributed by atoms with Gasteiger partial charge in [0, 0.05) is 5.92 Å². The van der Waals surface area contributed by atoms with Crippen LogP contribution >= 0.6 is 11.6 Å². The number of nitrogens with one attached hydrogen (secondary N) is 1. The second-order valence-electron chi connectivity index (χ2n) is 5.75. The van der Waals surface area contributed by atoms with Crippen molar-refractivity contribution in [2.24, 2.45) is 5.92 Å². The van der Waals surface area contributed by atoms with Gasteiger partial charge in [-0.15, -0.1) is 0 Å². The summed E-state index contributed by atoms with van der Waals surface area (Å²) < 4.78 is 14.0. The second-order valence-corrected chi connectivity index (χ2v) is 6.15. The normalized spacial score (nSPS) is 16.0. The molecule has 0 bridgehead atoms. The molecule has 0 aromatic heterocycles. The van der Waals surface area contributed by atoms with Crippen LogP contribution in [0, 0.1) is 11.7 Å². The summed E-state index contributed by atoms with van der Waals surface area (Å²) in [6.07, 6.45) is 2.92. The average Bonchev–Trinajstić information content (AvgIpc) is 3.05. The van der Waals surface area contributed by atoms with Gasteiger partial charge in [-0.25, -0.2) is 14.8 Å². The van der Waals surface area contributed by atoms with Gasteiger partial charge in [-0.3, -0.25) is 14.4 Å². The molecule has 0 aliphatic heterocycles. The summed E-state index contributed by atoms with van der Waals surface area (Å²) in [6.45, 7) is 1.29. The summed E-state index contributed by atoms with van der Waals surface area (Å²) >= 11 is 5.89. The molecule has 1 aromatic carbocycles. The Bertz CT molecular complexity index is 641. The largest absolute Gasteiger partial charge is 0.480 e. The number of aliphatic carboxylic acids is 1. The third kappa shape index (κ3) is 3.91. The first-order chi connectivity index (χ1) is 11.3. The standard InChI is InChI=1S/C16H18ClFN2O4/c1-9(16(23)24)19-20(14(21)10-5-2-3-6-10)15(22)13-11(17)7-4-8-12(13)18/h4,7-10,19H,2-3,5-6H2,1H3,(H,23,24)/t9-/m0/s1. The number of halogens is 2. The molecule has 0 spiro atoms. The van der Waals surface area contributed by atoms with E-state index in [1.54, 1.807) is 0 Å². The lowest BCUT2D eigenvalue weighted by molar-refractivity contribution is -0.143. The Morgan fingerprint density at radius 3 is 2.50 bits per heavy atom. The molecule has 1 saturated carbocycles. The fourth-order valence-corrected chi connectivity index (χ4v) is 2.88. The number of carboxylic acids is 1. The van der Waals surface area contributed by atoms with Crippen LogP contribution in [0.4, 0.5) is 4.39 Å². The molecular weight excluding hydrogens is 339 g/mol. The first-order valence-electron chi connectivity index (χ1n) is 7.64. The molecule has 24 heavy (non-hydrogen) atoms. The Balaban J connectivity index is 2.35. The van der Waals surface area contributed by atoms with Gasteiger partial charge in [0.05, 0.1) is 10.6 Å². The van der Waals surface area contributed by atoms with Crippen molar-refractivity contribution in [3.05, 3.63) is 34.6 Å². The van der Waals surface area contributed by atoms with Crippen LogP contribution in [0.3, 0.4) is 0 Å². The molecule has 0 radical (unpaired) electrons. The quantitative estimate of drug-likeness (QED) is 0.625. The van der Waals surface area contributed by atoms with Gasteiger partial charge in [-0.2, -0.15) is 0 Å². The number of carbonyl (C=O) groups is 3. The van der Waals surface area contributed by atoms with Gasteiger partial charge in [0.1, 0.15) is 11.9 Å². The van der Waals surface area contributed by atoms with Gasteiger partial charge in [0.2, 0.25) is 5.91 Å². The van der Waals surface area contributed by atoms with Gasteiger partial charge in [-0.05, 0) is 31.9 Å². The number of nitrogens with zero attached hydrogens (tertiary/aromatic N) is 1. The highest BCUT2D eigenvalue weighted by molar-refractivity contribution is 6.34. The Morgan fingerprint density at radius 1 is 1.33 bits per heavy atom. The van der Waals surface area contributed by atoms with E-state index in [-0.39, 0.29) is 5.02 Å². The topological polar surface area (TPSA) is 86.7 Å². The number of amides is 2. The summed E-state index contributed by atoms with van der Waals surface area (Å²) in [6, 6.07) is 2.52. The minimum Gasteiger partial charge on any atom is -0.480 e. The minimum absolute atomic E-state index is 0.144. The molecule has 0 unspecified atom stereocenters. The lowest BCUT2D eigenvalue weighted by Gasteiger charge is -2.26. The summed E-state index contributed by atoms with van der Waals surface area (Å²) in [5.41, 5.74) is 1.89. The summed E-state index contributed by atoms with van der Waals surface area (Å²) in [5.74, 6) is -4.07. The number of carbonyl (C=O) groups excluding carboxylic acids is 2. The van der Waals surface area contributed by atoms with E-state index in [0.29, 0.717) is 17.9 Å². The van der Waals surface area contributed by atoms with Crippen LogP contribution in [0.2, 0.25) is 5.02 Å².